The summed E-state index contributed by atoms with van der Waals surface area (Å²) >= 11 is 0. The zero-order valence-corrected chi connectivity index (χ0v) is 9.88. The predicted molar refractivity (Wildman–Crippen MR) is 62.5 cm³/mol. The lowest BCUT2D eigenvalue weighted by Gasteiger charge is -2.09. The first-order valence-electron chi connectivity index (χ1n) is 5.30. The van der Waals surface area contributed by atoms with Crippen molar-refractivity contribution in [2.24, 2.45) is 0 Å². The van der Waals surface area contributed by atoms with Gasteiger partial charge in [-0.15, -0.1) is 0 Å². The van der Waals surface area contributed by atoms with E-state index in [0.29, 0.717) is 18.2 Å². The predicted octanol–water partition coefficient (Wildman–Crippen LogP) is 0.520. The van der Waals surface area contributed by atoms with Crippen molar-refractivity contribution in [3.05, 3.63) is 18.3 Å². The Morgan fingerprint density at radius 1 is 1.44 bits per heavy atom. The minimum absolute atomic E-state index is 0.312. The maximum absolute atomic E-state index is 11.4. The Morgan fingerprint density at radius 3 is 2.89 bits per heavy atom. The number of carboxylic acids is 1. The number of aromatic nitrogens is 1. The lowest BCUT2D eigenvalue weighted by Crippen LogP contribution is -2.21. The summed E-state index contributed by atoms with van der Waals surface area (Å²) in [4.78, 5) is 25.6. The average molecular weight is 254 g/mol. The fraction of sp³-hybridized carbons (Fsp3) is 0.364. The first-order valence-corrected chi connectivity index (χ1v) is 5.30. The molecule has 1 heterocycles. The number of hydrogen-bond acceptors (Lipinski definition) is 5. The summed E-state index contributed by atoms with van der Waals surface area (Å²) in [5.74, 6) is -1.28. The standard InChI is InChI=1S/C11H14N2O5/c1-2-18-11-8(4-3-5-12-11)13-9(14)6-17-7-10(15)16/h3-5H,2,6-7H2,1H3,(H,13,14)(H,15,16). The molecular formula is C11H14N2O5. The van der Waals surface area contributed by atoms with Gasteiger partial charge in [0.2, 0.25) is 5.88 Å². The minimum Gasteiger partial charge on any atom is -0.480 e. The van der Waals surface area contributed by atoms with Crippen LogP contribution in [0.3, 0.4) is 0 Å². The van der Waals surface area contributed by atoms with Crippen LogP contribution in [0.25, 0.3) is 0 Å². The van der Waals surface area contributed by atoms with Crippen LogP contribution in [0.4, 0.5) is 5.69 Å². The van der Waals surface area contributed by atoms with Gasteiger partial charge in [-0.2, -0.15) is 0 Å². The van der Waals surface area contributed by atoms with Crippen molar-refractivity contribution in [2.75, 3.05) is 25.1 Å². The number of hydrogen-bond donors (Lipinski definition) is 2. The highest BCUT2D eigenvalue weighted by Gasteiger charge is 2.09. The van der Waals surface area contributed by atoms with Crippen LogP contribution in [0.5, 0.6) is 5.88 Å². The number of carboxylic acid groups (broad SMARTS) is 1. The summed E-state index contributed by atoms with van der Waals surface area (Å²) in [5, 5.41) is 10.9. The Kier molecular flexibility index (Phi) is 5.59. The van der Waals surface area contributed by atoms with Crippen molar-refractivity contribution < 1.29 is 24.2 Å². The molecule has 0 aliphatic heterocycles. The number of carbonyl (C=O) groups excluding carboxylic acids is 1. The summed E-state index contributed by atoms with van der Waals surface area (Å²) in [6.45, 7) is 1.37. The van der Waals surface area contributed by atoms with Crippen molar-refractivity contribution in [2.45, 2.75) is 6.92 Å². The van der Waals surface area contributed by atoms with Crippen LogP contribution in [0.2, 0.25) is 0 Å². The van der Waals surface area contributed by atoms with Gasteiger partial charge in [0.1, 0.15) is 18.9 Å². The monoisotopic (exact) mass is 254 g/mol. The normalized spacial score (nSPS) is 9.83. The fourth-order valence-electron chi connectivity index (χ4n) is 1.16. The molecule has 0 spiro atoms. The molecule has 1 rings (SSSR count). The molecule has 0 unspecified atom stereocenters. The largest absolute Gasteiger partial charge is 0.480 e. The first kappa shape index (κ1) is 13.9. The van der Waals surface area contributed by atoms with Crippen LogP contribution < -0.4 is 10.1 Å². The van der Waals surface area contributed by atoms with Gasteiger partial charge < -0.3 is 19.9 Å². The molecule has 1 aromatic heterocycles. The Labute approximate surface area is 104 Å². The van der Waals surface area contributed by atoms with E-state index >= 15 is 0 Å². The highest BCUT2D eigenvalue weighted by molar-refractivity contribution is 5.92. The van der Waals surface area contributed by atoms with Gasteiger partial charge in [-0.1, -0.05) is 0 Å². The van der Waals surface area contributed by atoms with E-state index in [9.17, 15) is 9.59 Å². The third-order valence-corrected chi connectivity index (χ3v) is 1.78. The zero-order chi connectivity index (χ0) is 13.4. The highest BCUT2D eigenvalue weighted by Crippen LogP contribution is 2.20. The SMILES string of the molecule is CCOc1ncccc1NC(=O)COCC(=O)O. The summed E-state index contributed by atoms with van der Waals surface area (Å²) in [7, 11) is 0. The number of nitrogens with zero attached hydrogens (tertiary/aromatic N) is 1. The van der Waals surface area contributed by atoms with Crippen molar-refractivity contribution in [3.8, 4) is 5.88 Å². The summed E-state index contributed by atoms with van der Waals surface area (Å²) in [6, 6.07) is 3.28. The van der Waals surface area contributed by atoms with Crippen molar-refractivity contribution in [1.29, 1.82) is 0 Å². The third kappa shape index (κ3) is 4.79. The van der Waals surface area contributed by atoms with Gasteiger partial charge in [-0.3, -0.25) is 4.79 Å². The van der Waals surface area contributed by atoms with E-state index in [4.69, 9.17) is 9.84 Å². The minimum atomic E-state index is -1.13. The van der Waals surface area contributed by atoms with Crippen LogP contribution >= 0.6 is 0 Å². The molecule has 0 fully saturated rings. The van der Waals surface area contributed by atoms with Crippen LogP contribution in [0, 0.1) is 0 Å². The van der Waals surface area contributed by atoms with Gasteiger partial charge >= 0.3 is 5.97 Å². The van der Waals surface area contributed by atoms with E-state index in [2.05, 4.69) is 15.0 Å². The smallest absolute Gasteiger partial charge is 0.329 e. The van der Waals surface area contributed by atoms with Crippen LogP contribution in [-0.2, 0) is 14.3 Å². The number of carbonyl (C=O) groups is 2. The molecule has 18 heavy (non-hydrogen) atoms. The molecule has 0 radical (unpaired) electrons. The lowest BCUT2D eigenvalue weighted by molar-refractivity contribution is -0.143. The molecule has 7 nitrogen and oxygen atoms in total. The molecule has 0 saturated heterocycles. The van der Waals surface area contributed by atoms with Gasteiger partial charge in [0.25, 0.3) is 5.91 Å². The number of rotatable bonds is 7. The van der Waals surface area contributed by atoms with E-state index in [-0.39, 0.29) is 6.61 Å². The Bertz CT molecular complexity index is 422. The Balaban J connectivity index is 2.50. The summed E-state index contributed by atoms with van der Waals surface area (Å²) in [6.07, 6.45) is 1.54. The second-order valence-electron chi connectivity index (χ2n) is 3.22. The van der Waals surface area contributed by atoms with Crippen molar-refractivity contribution >= 4 is 17.6 Å². The molecule has 0 aromatic carbocycles. The highest BCUT2D eigenvalue weighted by atomic mass is 16.5. The van der Waals surface area contributed by atoms with E-state index in [1.54, 1.807) is 25.3 Å². The van der Waals surface area contributed by atoms with Gasteiger partial charge in [0, 0.05) is 6.20 Å². The van der Waals surface area contributed by atoms with Crippen LogP contribution in [-0.4, -0.2) is 41.8 Å². The molecular weight excluding hydrogens is 240 g/mol. The van der Waals surface area contributed by atoms with Crippen molar-refractivity contribution in [3.63, 3.8) is 0 Å². The number of ether oxygens (including phenoxy) is 2. The Hall–Kier alpha value is -2.15. The molecule has 7 heteroatoms. The second kappa shape index (κ2) is 7.23. The Morgan fingerprint density at radius 2 is 2.22 bits per heavy atom. The van der Waals surface area contributed by atoms with Crippen molar-refractivity contribution in [1.82, 2.24) is 4.98 Å². The number of pyridine rings is 1. The number of amides is 1. The van der Waals surface area contributed by atoms with Gasteiger partial charge in [0.15, 0.2) is 0 Å². The third-order valence-electron chi connectivity index (χ3n) is 1.78. The van der Waals surface area contributed by atoms with E-state index < -0.39 is 18.5 Å². The molecule has 0 atom stereocenters. The lowest BCUT2D eigenvalue weighted by atomic mass is 10.4. The molecule has 1 aromatic rings. The number of aliphatic carboxylic acids is 1. The fourth-order valence-corrected chi connectivity index (χ4v) is 1.16. The average Bonchev–Trinajstić information content (AvgIpc) is 2.31. The molecule has 1 amide bonds. The summed E-state index contributed by atoms with van der Waals surface area (Å²) in [5.41, 5.74) is 0.420. The second-order valence-corrected chi connectivity index (χ2v) is 3.22. The van der Waals surface area contributed by atoms with Gasteiger partial charge in [-0.25, -0.2) is 9.78 Å². The van der Waals surface area contributed by atoms with Gasteiger partial charge in [0.05, 0.1) is 6.61 Å². The molecule has 0 bridgehead atoms. The van der Waals surface area contributed by atoms with Crippen LogP contribution in [0.1, 0.15) is 6.92 Å². The maximum Gasteiger partial charge on any atom is 0.329 e. The molecule has 2 N–H and O–H groups in total. The molecule has 98 valence electrons. The van der Waals surface area contributed by atoms with E-state index in [1.807, 2.05) is 0 Å². The quantitative estimate of drug-likeness (QED) is 0.736. The topological polar surface area (TPSA) is 97.8 Å². The van der Waals surface area contributed by atoms with Gasteiger partial charge in [-0.05, 0) is 19.1 Å². The maximum atomic E-state index is 11.4. The molecule has 0 aliphatic carbocycles. The first-order chi connectivity index (χ1) is 8.63. The van der Waals surface area contributed by atoms with Crippen LogP contribution in [0.15, 0.2) is 18.3 Å². The summed E-state index contributed by atoms with van der Waals surface area (Å²) < 4.78 is 9.88. The molecule has 0 aliphatic rings. The molecule has 0 saturated carbocycles. The zero-order valence-electron chi connectivity index (χ0n) is 9.88. The van der Waals surface area contributed by atoms with E-state index in [1.165, 1.54) is 0 Å². The van der Waals surface area contributed by atoms with E-state index in [0.717, 1.165) is 0 Å². The number of anilines is 1. The number of nitrogens with one attached hydrogen (secondary N) is 1.